The third-order valence-corrected chi connectivity index (χ3v) is 4.72. The number of nitrogens with one attached hydrogen (secondary N) is 1. The number of fused-ring (bicyclic) bond motifs is 1. The molecule has 0 fully saturated rings. The minimum atomic E-state index is -0.144. The van der Waals surface area contributed by atoms with Gasteiger partial charge < -0.3 is 11.1 Å². The van der Waals surface area contributed by atoms with Crippen molar-refractivity contribution in [2.24, 2.45) is 0 Å². The lowest BCUT2D eigenvalue weighted by Gasteiger charge is -2.05. The fraction of sp³-hybridized carbons (Fsp3) is 0.0625. The van der Waals surface area contributed by atoms with Crippen LogP contribution in [0.25, 0.3) is 10.1 Å². The van der Waals surface area contributed by atoms with Crippen LogP contribution in [0, 0.1) is 6.92 Å². The smallest absolute Gasteiger partial charge is 0.265 e. The molecule has 0 spiro atoms. The molecule has 3 nitrogen and oxygen atoms in total. The summed E-state index contributed by atoms with van der Waals surface area (Å²) in [4.78, 5) is 12.9. The Balaban J connectivity index is 1.87. The number of hydrogen-bond acceptors (Lipinski definition) is 3. The number of aryl methyl sites for hydroxylation is 1. The number of nitrogens with two attached hydrogens (primary N) is 1. The number of halogens is 1. The number of hydrogen-bond donors (Lipinski definition) is 2. The van der Waals surface area contributed by atoms with Gasteiger partial charge in [0, 0.05) is 21.1 Å². The van der Waals surface area contributed by atoms with E-state index in [9.17, 15) is 4.79 Å². The van der Waals surface area contributed by atoms with Crippen molar-refractivity contribution < 1.29 is 4.79 Å². The Morgan fingerprint density at radius 2 is 2.00 bits per heavy atom. The standard InChI is InChI=1S/C16H13ClN2OS/c1-9-2-4-12(8-13(9)17)19-16(20)15-7-10-6-11(18)3-5-14(10)21-15/h2-8H,18H2,1H3,(H,19,20). The van der Waals surface area contributed by atoms with Gasteiger partial charge in [-0.3, -0.25) is 4.79 Å². The average molecular weight is 317 g/mol. The Labute approximate surface area is 131 Å². The van der Waals surface area contributed by atoms with E-state index in [1.807, 2.05) is 43.3 Å². The number of carbonyl (C=O) groups is 1. The molecule has 1 amide bonds. The van der Waals surface area contributed by atoms with Crippen molar-refractivity contribution in [1.29, 1.82) is 0 Å². The maximum absolute atomic E-state index is 12.3. The first-order valence-electron chi connectivity index (χ1n) is 6.39. The highest BCUT2D eigenvalue weighted by molar-refractivity contribution is 7.20. The zero-order chi connectivity index (χ0) is 15.0. The van der Waals surface area contributed by atoms with E-state index in [2.05, 4.69) is 5.32 Å². The lowest BCUT2D eigenvalue weighted by Crippen LogP contribution is -2.09. The quantitative estimate of drug-likeness (QED) is 0.673. The van der Waals surface area contributed by atoms with Crippen molar-refractivity contribution in [3.8, 4) is 0 Å². The summed E-state index contributed by atoms with van der Waals surface area (Å²) >= 11 is 7.50. The second-order valence-electron chi connectivity index (χ2n) is 4.83. The third kappa shape index (κ3) is 2.86. The van der Waals surface area contributed by atoms with E-state index >= 15 is 0 Å². The summed E-state index contributed by atoms with van der Waals surface area (Å²) in [5.74, 6) is -0.144. The molecule has 0 atom stereocenters. The van der Waals surface area contributed by atoms with E-state index in [4.69, 9.17) is 17.3 Å². The monoisotopic (exact) mass is 316 g/mol. The molecule has 3 rings (SSSR count). The third-order valence-electron chi connectivity index (χ3n) is 3.19. The Hall–Kier alpha value is -2.04. The molecule has 0 aliphatic carbocycles. The van der Waals surface area contributed by atoms with E-state index in [0.717, 1.165) is 15.6 Å². The average Bonchev–Trinajstić information content (AvgIpc) is 2.86. The summed E-state index contributed by atoms with van der Waals surface area (Å²) < 4.78 is 1.04. The molecule has 0 saturated carbocycles. The Bertz CT molecular complexity index is 841. The normalized spacial score (nSPS) is 10.8. The first kappa shape index (κ1) is 13.9. The van der Waals surface area contributed by atoms with Gasteiger partial charge in [-0.1, -0.05) is 17.7 Å². The van der Waals surface area contributed by atoms with Crippen LogP contribution in [0.2, 0.25) is 5.02 Å². The van der Waals surface area contributed by atoms with Crippen LogP contribution in [0.5, 0.6) is 0 Å². The number of thiophene rings is 1. The van der Waals surface area contributed by atoms with Crippen LogP contribution in [-0.4, -0.2) is 5.91 Å². The highest BCUT2D eigenvalue weighted by Crippen LogP contribution is 2.28. The van der Waals surface area contributed by atoms with Gasteiger partial charge in [0.25, 0.3) is 5.91 Å². The summed E-state index contributed by atoms with van der Waals surface area (Å²) in [6.07, 6.45) is 0. The predicted octanol–water partition coefficient (Wildman–Crippen LogP) is 4.70. The zero-order valence-corrected chi connectivity index (χ0v) is 12.9. The maximum atomic E-state index is 12.3. The minimum absolute atomic E-state index is 0.144. The molecule has 0 radical (unpaired) electrons. The molecular formula is C16H13ClN2OS. The topological polar surface area (TPSA) is 55.1 Å². The SMILES string of the molecule is Cc1ccc(NC(=O)c2cc3cc(N)ccc3s2)cc1Cl. The van der Waals surface area contributed by atoms with Crippen LogP contribution in [0.4, 0.5) is 11.4 Å². The number of anilines is 2. The molecule has 21 heavy (non-hydrogen) atoms. The Morgan fingerprint density at radius 1 is 1.19 bits per heavy atom. The van der Waals surface area contributed by atoms with E-state index in [0.29, 0.717) is 21.3 Å². The van der Waals surface area contributed by atoms with Crippen molar-refractivity contribution in [1.82, 2.24) is 0 Å². The Morgan fingerprint density at radius 3 is 2.76 bits per heavy atom. The molecule has 1 aromatic heterocycles. The van der Waals surface area contributed by atoms with E-state index in [1.165, 1.54) is 11.3 Å². The molecule has 2 aromatic carbocycles. The van der Waals surface area contributed by atoms with Gasteiger partial charge in [0.05, 0.1) is 4.88 Å². The van der Waals surface area contributed by atoms with Gasteiger partial charge in [0.1, 0.15) is 0 Å². The lowest BCUT2D eigenvalue weighted by atomic mass is 10.2. The van der Waals surface area contributed by atoms with Crippen molar-refractivity contribution in [3.63, 3.8) is 0 Å². The van der Waals surface area contributed by atoms with Crippen LogP contribution in [0.15, 0.2) is 42.5 Å². The van der Waals surface area contributed by atoms with Crippen LogP contribution in [0.1, 0.15) is 15.2 Å². The highest BCUT2D eigenvalue weighted by atomic mass is 35.5. The first-order valence-corrected chi connectivity index (χ1v) is 7.59. The van der Waals surface area contributed by atoms with E-state index in [-0.39, 0.29) is 5.91 Å². The fourth-order valence-corrected chi connectivity index (χ4v) is 3.16. The van der Waals surface area contributed by atoms with Crippen molar-refractivity contribution in [2.75, 3.05) is 11.1 Å². The summed E-state index contributed by atoms with van der Waals surface area (Å²) in [7, 11) is 0. The molecule has 5 heteroatoms. The van der Waals surface area contributed by atoms with Gasteiger partial charge in [-0.05, 0) is 54.3 Å². The van der Waals surface area contributed by atoms with Crippen molar-refractivity contribution in [3.05, 3.63) is 57.9 Å². The maximum Gasteiger partial charge on any atom is 0.265 e. The molecule has 1 heterocycles. The summed E-state index contributed by atoms with van der Waals surface area (Å²) in [5, 5.41) is 4.47. The Kier molecular flexibility index (Phi) is 3.57. The van der Waals surface area contributed by atoms with Crippen LogP contribution in [0.3, 0.4) is 0 Å². The van der Waals surface area contributed by atoms with Crippen molar-refractivity contribution >= 4 is 50.3 Å². The lowest BCUT2D eigenvalue weighted by molar-refractivity contribution is 0.103. The number of carbonyl (C=O) groups excluding carboxylic acids is 1. The van der Waals surface area contributed by atoms with Gasteiger partial charge in [-0.15, -0.1) is 11.3 Å². The van der Waals surface area contributed by atoms with Crippen LogP contribution in [-0.2, 0) is 0 Å². The predicted molar refractivity (Wildman–Crippen MR) is 90.4 cm³/mol. The number of rotatable bonds is 2. The molecule has 0 aliphatic rings. The molecule has 3 N–H and O–H groups in total. The first-order chi connectivity index (χ1) is 10.0. The second-order valence-corrected chi connectivity index (χ2v) is 6.32. The van der Waals surface area contributed by atoms with Gasteiger partial charge in [-0.2, -0.15) is 0 Å². The van der Waals surface area contributed by atoms with E-state index < -0.39 is 0 Å². The molecule has 0 unspecified atom stereocenters. The zero-order valence-electron chi connectivity index (χ0n) is 11.3. The number of nitrogen functional groups attached to an aromatic ring is 1. The molecule has 106 valence electrons. The molecule has 3 aromatic rings. The fourth-order valence-electron chi connectivity index (χ4n) is 2.04. The van der Waals surface area contributed by atoms with Gasteiger partial charge in [-0.25, -0.2) is 0 Å². The van der Waals surface area contributed by atoms with Gasteiger partial charge >= 0.3 is 0 Å². The highest BCUT2D eigenvalue weighted by Gasteiger charge is 2.11. The molecule has 0 bridgehead atoms. The van der Waals surface area contributed by atoms with Crippen molar-refractivity contribution in [2.45, 2.75) is 6.92 Å². The second kappa shape index (κ2) is 5.39. The molecule has 0 saturated heterocycles. The largest absolute Gasteiger partial charge is 0.399 e. The summed E-state index contributed by atoms with van der Waals surface area (Å²) in [6, 6.07) is 12.9. The summed E-state index contributed by atoms with van der Waals surface area (Å²) in [5.41, 5.74) is 8.11. The summed E-state index contributed by atoms with van der Waals surface area (Å²) in [6.45, 7) is 1.92. The van der Waals surface area contributed by atoms with Crippen LogP contribution < -0.4 is 11.1 Å². The number of amides is 1. The molecular weight excluding hydrogens is 304 g/mol. The van der Waals surface area contributed by atoms with Gasteiger partial charge in [0.15, 0.2) is 0 Å². The minimum Gasteiger partial charge on any atom is -0.399 e. The number of benzene rings is 2. The van der Waals surface area contributed by atoms with Gasteiger partial charge in [0.2, 0.25) is 0 Å². The molecule has 0 aliphatic heterocycles. The van der Waals surface area contributed by atoms with E-state index in [1.54, 1.807) is 6.07 Å². The van der Waals surface area contributed by atoms with Crippen LogP contribution >= 0.6 is 22.9 Å².